The lowest BCUT2D eigenvalue weighted by atomic mass is 10.3. The fraction of sp³-hybridized carbons (Fsp3) is 0.545. The van der Waals surface area contributed by atoms with Crippen molar-refractivity contribution in [1.82, 2.24) is 24.8 Å². The quantitative estimate of drug-likeness (QED) is 0.878. The average molecular weight is 269 g/mol. The van der Waals surface area contributed by atoms with Gasteiger partial charge >= 0.3 is 0 Å². The van der Waals surface area contributed by atoms with Crippen LogP contribution in [0.15, 0.2) is 6.20 Å². The highest BCUT2D eigenvalue weighted by molar-refractivity contribution is 6.31. The molecule has 0 aromatic carbocycles. The fourth-order valence-corrected chi connectivity index (χ4v) is 2.05. The van der Waals surface area contributed by atoms with Gasteiger partial charge in [-0.05, 0) is 20.4 Å². The molecular formula is C11H17ClN6. The Balaban J connectivity index is 2.22. The Hall–Kier alpha value is -1.40. The third kappa shape index (κ3) is 2.54. The first-order chi connectivity index (χ1) is 8.65. The molecule has 18 heavy (non-hydrogen) atoms. The lowest BCUT2D eigenvalue weighted by Gasteiger charge is -2.04. The highest BCUT2D eigenvalue weighted by Gasteiger charge is 2.13. The molecule has 0 amide bonds. The van der Waals surface area contributed by atoms with Crippen LogP contribution in [0.25, 0.3) is 0 Å². The zero-order valence-corrected chi connectivity index (χ0v) is 11.4. The molecule has 0 spiro atoms. The first kappa shape index (κ1) is 13.0. The molecule has 2 N–H and O–H groups in total. The van der Waals surface area contributed by atoms with Crippen LogP contribution in [0, 0.1) is 6.92 Å². The average Bonchev–Trinajstić information content (AvgIpc) is 2.90. The van der Waals surface area contributed by atoms with E-state index in [2.05, 4.69) is 15.4 Å². The second kappa shape index (κ2) is 5.49. The first-order valence-electron chi connectivity index (χ1n) is 5.96. The zero-order chi connectivity index (χ0) is 13.1. The second-order valence-electron chi connectivity index (χ2n) is 4.11. The van der Waals surface area contributed by atoms with Crippen LogP contribution in [0.2, 0.25) is 5.02 Å². The van der Waals surface area contributed by atoms with E-state index in [0.29, 0.717) is 18.1 Å². The van der Waals surface area contributed by atoms with Crippen molar-refractivity contribution in [3.63, 3.8) is 0 Å². The van der Waals surface area contributed by atoms with Crippen LogP contribution in [0.1, 0.15) is 24.0 Å². The maximum atomic E-state index is 6.25. The zero-order valence-electron chi connectivity index (χ0n) is 10.6. The number of nitrogens with two attached hydrogens (primary N) is 1. The Morgan fingerprint density at radius 3 is 2.89 bits per heavy atom. The van der Waals surface area contributed by atoms with E-state index in [9.17, 15) is 0 Å². The van der Waals surface area contributed by atoms with Crippen molar-refractivity contribution >= 4 is 11.6 Å². The van der Waals surface area contributed by atoms with Crippen molar-refractivity contribution in [3.8, 4) is 0 Å². The normalized spacial score (nSPS) is 11.1. The molecule has 0 saturated carbocycles. The molecule has 0 fully saturated rings. The number of nitrogens with zero attached hydrogens (tertiary/aromatic N) is 5. The molecule has 2 aromatic heterocycles. The van der Waals surface area contributed by atoms with Gasteiger partial charge in [-0.25, -0.2) is 4.68 Å². The number of hydrogen-bond donors (Lipinski definition) is 1. The molecule has 2 aromatic rings. The van der Waals surface area contributed by atoms with Crippen LogP contribution in [0.3, 0.4) is 0 Å². The van der Waals surface area contributed by atoms with Gasteiger partial charge in [0.05, 0.1) is 28.6 Å². The Morgan fingerprint density at radius 1 is 1.44 bits per heavy atom. The van der Waals surface area contributed by atoms with Crippen LogP contribution >= 0.6 is 11.6 Å². The summed E-state index contributed by atoms with van der Waals surface area (Å²) in [7, 11) is 0. The molecule has 6 nitrogen and oxygen atoms in total. The van der Waals surface area contributed by atoms with Gasteiger partial charge < -0.3 is 5.73 Å². The Morgan fingerprint density at radius 2 is 2.22 bits per heavy atom. The highest BCUT2D eigenvalue weighted by Crippen LogP contribution is 2.20. The second-order valence-corrected chi connectivity index (χ2v) is 4.49. The minimum absolute atomic E-state index is 0.574. The maximum Gasteiger partial charge on any atom is 0.0866 e. The summed E-state index contributed by atoms with van der Waals surface area (Å²) in [6, 6.07) is 0. The predicted molar refractivity (Wildman–Crippen MR) is 69.5 cm³/mol. The molecule has 0 atom stereocenters. The van der Waals surface area contributed by atoms with E-state index in [1.807, 2.05) is 24.7 Å². The van der Waals surface area contributed by atoms with Crippen LogP contribution < -0.4 is 5.73 Å². The maximum absolute atomic E-state index is 6.25. The van der Waals surface area contributed by atoms with E-state index in [1.165, 1.54) is 0 Å². The fourth-order valence-electron chi connectivity index (χ4n) is 1.85. The van der Waals surface area contributed by atoms with Gasteiger partial charge in [0.25, 0.3) is 0 Å². The first-order valence-corrected chi connectivity index (χ1v) is 6.34. The van der Waals surface area contributed by atoms with Gasteiger partial charge in [0, 0.05) is 19.2 Å². The van der Waals surface area contributed by atoms with E-state index >= 15 is 0 Å². The van der Waals surface area contributed by atoms with Gasteiger partial charge in [-0.1, -0.05) is 16.8 Å². The molecule has 0 saturated heterocycles. The molecule has 2 heterocycles. The van der Waals surface area contributed by atoms with Crippen LogP contribution in [-0.4, -0.2) is 31.3 Å². The Labute approximate surface area is 111 Å². The van der Waals surface area contributed by atoms with Gasteiger partial charge in [0.1, 0.15) is 0 Å². The lowest BCUT2D eigenvalue weighted by molar-refractivity contribution is 0.565. The van der Waals surface area contributed by atoms with E-state index < -0.39 is 0 Å². The summed E-state index contributed by atoms with van der Waals surface area (Å²) >= 11 is 6.25. The van der Waals surface area contributed by atoms with Gasteiger partial charge in [-0.2, -0.15) is 5.10 Å². The molecular weight excluding hydrogens is 252 g/mol. The monoisotopic (exact) mass is 268 g/mol. The minimum atomic E-state index is 0.574. The van der Waals surface area contributed by atoms with Crippen LogP contribution in [-0.2, 0) is 19.5 Å². The number of aryl methyl sites for hydroxylation is 2. The highest BCUT2D eigenvalue weighted by atomic mass is 35.5. The number of halogens is 1. The smallest absolute Gasteiger partial charge is 0.0866 e. The molecule has 0 bridgehead atoms. The van der Waals surface area contributed by atoms with Gasteiger partial charge in [0.15, 0.2) is 0 Å². The standard InChI is InChI=1S/C11H17ClN6/c1-3-18-10(11(12)8(2)15-18)7-17-6-9(4-5-13)14-16-17/h6H,3-5,7,13H2,1-2H3. The topological polar surface area (TPSA) is 74.5 Å². The molecule has 0 aliphatic carbocycles. The molecule has 0 radical (unpaired) electrons. The predicted octanol–water partition coefficient (Wildman–Crippen LogP) is 1.01. The summed E-state index contributed by atoms with van der Waals surface area (Å²) in [6.45, 7) is 5.87. The third-order valence-electron chi connectivity index (χ3n) is 2.75. The van der Waals surface area contributed by atoms with Gasteiger partial charge in [0.2, 0.25) is 0 Å². The van der Waals surface area contributed by atoms with Crippen molar-refractivity contribution in [1.29, 1.82) is 0 Å². The van der Waals surface area contributed by atoms with Crippen molar-refractivity contribution in [2.45, 2.75) is 33.4 Å². The molecule has 98 valence electrons. The van der Waals surface area contributed by atoms with E-state index in [1.54, 1.807) is 4.68 Å². The molecule has 7 heteroatoms. The van der Waals surface area contributed by atoms with Crippen molar-refractivity contribution < 1.29 is 0 Å². The van der Waals surface area contributed by atoms with E-state index in [-0.39, 0.29) is 0 Å². The van der Waals surface area contributed by atoms with Crippen molar-refractivity contribution in [2.75, 3.05) is 6.54 Å². The van der Waals surface area contributed by atoms with Crippen LogP contribution in [0.4, 0.5) is 0 Å². The SMILES string of the molecule is CCn1nc(C)c(Cl)c1Cn1cc(CCN)nn1. The van der Waals surface area contributed by atoms with E-state index in [4.69, 9.17) is 17.3 Å². The number of aromatic nitrogens is 5. The minimum Gasteiger partial charge on any atom is -0.330 e. The van der Waals surface area contributed by atoms with Crippen molar-refractivity contribution in [3.05, 3.63) is 28.3 Å². The van der Waals surface area contributed by atoms with E-state index in [0.717, 1.165) is 30.0 Å². The summed E-state index contributed by atoms with van der Waals surface area (Å²) < 4.78 is 3.65. The lowest BCUT2D eigenvalue weighted by Crippen LogP contribution is -2.09. The summed E-state index contributed by atoms with van der Waals surface area (Å²) in [4.78, 5) is 0. The van der Waals surface area contributed by atoms with Crippen molar-refractivity contribution in [2.24, 2.45) is 5.73 Å². The molecule has 0 aliphatic heterocycles. The largest absolute Gasteiger partial charge is 0.330 e. The number of rotatable bonds is 5. The van der Waals surface area contributed by atoms with Gasteiger partial charge in [-0.15, -0.1) is 5.10 Å². The third-order valence-corrected chi connectivity index (χ3v) is 3.24. The van der Waals surface area contributed by atoms with Crippen LogP contribution in [0.5, 0.6) is 0 Å². The van der Waals surface area contributed by atoms with Gasteiger partial charge in [-0.3, -0.25) is 4.68 Å². The molecule has 0 aliphatic rings. The summed E-state index contributed by atoms with van der Waals surface area (Å²) in [5.74, 6) is 0. The Bertz CT molecular complexity index is 530. The molecule has 2 rings (SSSR count). The molecule has 0 unspecified atom stereocenters. The Kier molecular flexibility index (Phi) is 3.98. The number of hydrogen-bond acceptors (Lipinski definition) is 4. The summed E-state index contributed by atoms with van der Waals surface area (Å²) in [5, 5.41) is 13.2. The summed E-state index contributed by atoms with van der Waals surface area (Å²) in [5.41, 5.74) is 8.18. The summed E-state index contributed by atoms with van der Waals surface area (Å²) in [6.07, 6.45) is 2.63.